The van der Waals surface area contributed by atoms with Gasteiger partial charge in [0.2, 0.25) is 0 Å². The number of benzene rings is 1. The SMILES string of the molecule is CC(C)c1cncc(NCc2[nH]ncc2-c2ncc(-c3ccc(C4(C(=O)O)CC4)cc3)cn2)n1. The quantitative estimate of drug-likeness (QED) is 0.361. The maximum absolute atomic E-state index is 11.5. The van der Waals surface area contributed by atoms with E-state index in [0.717, 1.165) is 33.6 Å². The number of hydrogen-bond donors (Lipinski definition) is 3. The van der Waals surface area contributed by atoms with Crippen LogP contribution in [0.5, 0.6) is 0 Å². The van der Waals surface area contributed by atoms with E-state index in [0.29, 0.717) is 36.9 Å². The average molecular weight is 456 g/mol. The number of carboxylic acid groups (broad SMARTS) is 1. The normalized spacial score (nSPS) is 14.2. The molecule has 3 aromatic heterocycles. The molecular formula is C25H25N7O2. The van der Waals surface area contributed by atoms with Crippen LogP contribution in [-0.4, -0.2) is 41.2 Å². The standard InChI is InChI=1S/C25H25N7O2/c1-15(2)20-12-26-14-22(31-20)27-13-21-19(11-30-32-21)23-28-9-17(10-29-23)16-3-5-18(6-4-16)25(7-8-25)24(33)34/h3-6,9-12,14-15H,7-8,13H2,1-2H3,(H,27,31)(H,30,32)(H,33,34). The van der Waals surface area contributed by atoms with Gasteiger partial charge in [0.25, 0.3) is 0 Å². The fourth-order valence-electron chi connectivity index (χ4n) is 3.91. The maximum atomic E-state index is 11.5. The summed E-state index contributed by atoms with van der Waals surface area (Å²) >= 11 is 0. The first-order chi connectivity index (χ1) is 16.5. The van der Waals surface area contributed by atoms with Gasteiger partial charge in [0, 0.05) is 24.2 Å². The molecule has 0 saturated heterocycles. The summed E-state index contributed by atoms with van der Waals surface area (Å²) in [6.07, 6.45) is 10.1. The fourth-order valence-corrected chi connectivity index (χ4v) is 3.91. The maximum Gasteiger partial charge on any atom is 0.314 e. The van der Waals surface area contributed by atoms with Crippen molar-refractivity contribution < 1.29 is 9.90 Å². The molecular weight excluding hydrogens is 430 g/mol. The molecule has 0 aliphatic heterocycles. The van der Waals surface area contributed by atoms with Gasteiger partial charge in [-0.05, 0) is 29.9 Å². The van der Waals surface area contributed by atoms with Crippen molar-refractivity contribution in [2.24, 2.45) is 0 Å². The lowest BCUT2D eigenvalue weighted by Crippen LogP contribution is -2.19. The van der Waals surface area contributed by atoms with Crippen LogP contribution >= 0.6 is 0 Å². The summed E-state index contributed by atoms with van der Waals surface area (Å²) in [5.41, 5.74) is 4.52. The Kier molecular flexibility index (Phi) is 5.53. The van der Waals surface area contributed by atoms with Gasteiger partial charge in [-0.1, -0.05) is 38.1 Å². The molecule has 1 saturated carbocycles. The second-order valence-corrected chi connectivity index (χ2v) is 8.86. The van der Waals surface area contributed by atoms with Crippen LogP contribution in [0.3, 0.4) is 0 Å². The zero-order valence-corrected chi connectivity index (χ0v) is 19.0. The zero-order chi connectivity index (χ0) is 23.7. The van der Waals surface area contributed by atoms with Gasteiger partial charge in [0.05, 0.1) is 41.3 Å². The molecule has 1 fully saturated rings. The van der Waals surface area contributed by atoms with E-state index in [1.807, 2.05) is 24.3 Å². The van der Waals surface area contributed by atoms with Crippen molar-refractivity contribution in [2.45, 2.75) is 44.6 Å². The van der Waals surface area contributed by atoms with E-state index >= 15 is 0 Å². The van der Waals surface area contributed by atoms with Crippen molar-refractivity contribution in [3.63, 3.8) is 0 Å². The highest BCUT2D eigenvalue weighted by molar-refractivity contribution is 5.85. The molecule has 0 amide bonds. The number of hydrogen-bond acceptors (Lipinski definition) is 7. The highest BCUT2D eigenvalue weighted by atomic mass is 16.4. The third kappa shape index (κ3) is 4.12. The third-order valence-corrected chi connectivity index (χ3v) is 6.23. The Morgan fingerprint density at radius 1 is 1.06 bits per heavy atom. The number of aromatic nitrogens is 6. The predicted molar refractivity (Wildman–Crippen MR) is 127 cm³/mol. The Bertz CT molecular complexity index is 1310. The highest BCUT2D eigenvalue weighted by Crippen LogP contribution is 2.48. The molecule has 0 radical (unpaired) electrons. The van der Waals surface area contributed by atoms with Crippen molar-refractivity contribution in [3.8, 4) is 22.5 Å². The summed E-state index contributed by atoms with van der Waals surface area (Å²) in [4.78, 5) is 29.5. The molecule has 1 aliphatic carbocycles. The van der Waals surface area contributed by atoms with Gasteiger partial charge in [-0.2, -0.15) is 5.10 Å². The number of H-pyrrole nitrogens is 1. The lowest BCUT2D eigenvalue weighted by Gasteiger charge is -2.11. The second kappa shape index (κ2) is 8.66. The Morgan fingerprint density at radius 2 is 1.79 bits per heavy atom. The first-order valence-corrected chi connectivity index (χ1v) is 11.2. The first kappa shape index (κ1) is 21.7. The predicted octanol–water partition coefficient (Wildman–Crippen LogP) is 4.18. The molecule has 9 nitrogen and oxygen atoms in total. The van der Waals surface area contributed by atoms with E-state index in [9.17, 15) is 9.90 Å². The molecule has 5 rings (SSSR count). The Hall–Kier alpha value is -4.14. The minimum Gasteiger partial charge on any atom is -0.481 e. The number of carbonyl (C=O) groups is 1. The van der Waals surface area contributed by atoms with Crippen LogP contribution in [0.25, 0.3) is 22.5 Å². The van der Waals surface area contributed by atoms with Gasteiger partial charge in [0.15, 0.2) is 5.82 Å². The molecule has 0 bridgehead atoms. The van der Waals surface area contributed by atoms with Crippen LogP contribution in [0.1, 0.15) is 49.6 Å². The summed E-state index contributed by atoms with van der Waals surface area (Å²) in [5.74, 6) is 0.808. The van der Waals surface area contributed by atoms with Crippen molar-refractivity contribution in [3.05, 3.63) is 72.2 Å². The summed E-state index contributed by atoms with van der Waals surface area (Å²) in [7, 11) is 0. The summed E-state index contributed by atoms with van der Waals surface area (Å²) in [6.45, 7) is 4.63. The van der Waals surface area contributed by atoms with Gasteiger partial charge in [-0.25, -0.2) is 15.0 Å². The Morgan fingerprint density at radius 3 is 2.44 bits per heavy atom. The van der Waals surface area contributed by atoms with Crippen molar-refractivity contribution in [1.29, 1.82) is 0 Å². The lowest BCUT2D eigenvalue weighted by molar-refractivity contribution is -0.140. The molecule has 34 heavy (non-hydrogen) atoms. The number of carboxylic acids is 1. The van der Waals surface area contributed by atoms with Crippen LogP contribution in [0.4, 0.5) is 5.82 Å². The lowest BCUT2D eigenvalue weighted by atomic mass is 9.94. The largest absolute Gasteiger partial charge is 0.481 e. The number of anilines is 1. The van der Waals surface area contributed by atoms with Crippen LogP contribution < -0.4 is 5.32 Å². The minimum absolute atomic E-state index is 0.298. The van der Waals surface area contributed by atoms with Crippen LogP contribution in [0.15, 0.2) is 55.2 Å². The van der Waals surface area contributed by atoms with Gasteiger partial charge in [-0.15, -0.1) is 0 Å². The second-order valence-electron chi connectivity index (χ2n) is 8.86. The zero-order valence-electron chi connectivity index (χ0n) is 19.0. The first-order valence-electron chi connectivity index (χ1n) is 11.2. The van der Waals surface area contributed by atoms with Gasteiger partial charge in [0.1, 0.15) is 5.82 Å². The molecule has 4 aromatic rings. The Labute approximate surface area is 196 Å². The number of aromatic amines is 1. The monoisotopic (exact) mass is 455 g/mol. The molecule has 0 atom stereocenters. The van der Waals surface area contributed by atoms with Crippen LogP contribution in [0, 0.1) is 0 Å². The van der Waals surface area contributed by atoms with E-state index in [2.05, 4.69) is 49.3 Å². The minimum atomic E-state index is -0.752. The molecule has 9 heteroatoms. The van der Waals surface area contributed by atoms with Crippen LogP contribution in [0.2, 0.25) is 0 Å². The molecule has 3 heterocycles. The number of nitrogens with one attached hydrogen (secondary N) is 2. The highest BCUT2D eigenvalue weighted by Gasteiger charge is 2.51. The number of rotatable bonds is 8. The van der Waals surface area contributed by atoms with E-state index in [1.54, 1.807) is 31.0 Å². The number of nitrogens with zero attached hydrogens (tertiary/aromatic N) is 5. The fraction of sp³-hybridized carbons (Fsp3) is 0.280. The topological polar surface area (TPSA) is 130 Å². The Balaban J connectivity index is 1.30. The van der Waals surface area contributed by atoms with Gasteiger partial charge >= 0.3 is 5.97 Å². The van der Waals surface area contributed by atoms with Crippen molar-refractivity contribution in [1.82, 2.24) is 30.1 Å². The molecule has 3 N–H and O–H groups in total. The van der Waals surface area contributed by atoms with E-state index < -0.39 is 11.4 Å². The number of aliphatic carboxylic acids is 1. The smallest absolute Gasteiger partial charge is 0.314 e. The molecule has 0 unspecified atom stereocenters. The van der Waals surface area contributed by atoms with E-state index in [4.69, 9.17) is 0 Å². The average Bonchev–Trinajstić information content (AvgIpc) is 3.55. The van der Waals surface area contributed by atoms with E-state index in [1.165, 1.54) is 0 Å². The summed E-state index contributed by atoms with van der Waals surface area (Å²) in [5, 5.41) is 19.9. The molecule has 1 aliphatic rings. The van der Waals surface area contributed by atoms with Crippen molar-refractivity contribution in [2.75, 3.05) is 5.32 Å². The van der Waals surface area contributed by atoms with E-state index in [-0.39, 0.29) is 0 Å². The van der Waals surface area contributed by atoms with Gasteiger partial charge in [-0.3, -0.25) is 14.9 Å². The molecule has 0 spiro atoms. The summed E-state index contributed by atoms with van der Waals surface area (Å²) < 4.78 is 0. The molecule has 172 valence electrons. The van der Waals surface area contributed by atoms with Crippen molar-refractivity contribution >= 4 is 11.8 Å². The van der Waals surface area contributed by atoms with Gasteiger partial charge < -0.3 is 10.4 Å². The summed E-state index contributed by atoms with van der Waals surface area (Å²) in [6, 6.07) is 7.63. The van der Waals surface area contributed by atoms with Crippen LogP contribution in [-0.2, 0) is 16.8 Å². The molecule has 1 aromatic carbocycles. The third-order valence-electron chi connectivity index (χ3n) is 6.23.